The van der Waals surface area contributed by atoms with Gasteiger partial charge in [0.15, 0.2) is 0 Å². The standard InChI is InChI=1S/C17H21N3/c1-12-9-15-5-3-4-6-16(15)20(11-12)17-10-14(13(2)18)7-8-19-17/h3-8,10,12-13H,9,11,18H2,1-2H3/t12?,13-/m0/s1. The molecule has 1 aliphatic rings. The second kappa shape index (κ2) is 5.25. The average molecular weight is 267 g/mol. The van der Waals surface area contributed by atoms with E-state index < -0.39 is 0 Å². The molecule has 1 aromatic carbocycles. The van der Waals surface area contributed by atoms with Crippen LogP contribution in [-0.2, 0) is 6.42 Å². The average Bonchev–Trinajstić information content (AvgIpc) is 2.46. The van der Waals surface area contributed by atoms with Gasteiger partial charge in [-0.15, -0.1) is 0 Å². The number of anilines is 2. The van der Waals surface area contributed by atoms with Gasteiger partial charge in [-0.2, -0.15) is 0 Å². The molecule has 2 aromatic rings. The molecule has 3 rings (SSSR count). The molecule has 3 nitrogen and oxygen atoms in total. The fourth-order valence-corrected chi connectivity index (χ4v) is 2.88. The zero-order chi connectivity index (χ0) is 14.1. The molecule has 2 heterocycles. The second-order valence-corrected chi connectivity index (χ2v) is 5.78. The lowest BCUT2D eigenvalue weighted by Gasteiger charge is -2.34. The molecular formula is C17H21N3. The molecule has 0 saturated carbocycles. The number of pyridine rings is 1. The van der Waals surface area contributed by atoms with Crippen molar-refractivity contribution in [3.63, 3.8) is 0 Å². The van der Waals surface area contributed by atoms with E-state index >= 15 is 0 Å². The Labute approximate surface area is 120 Å². The molecule has 104 valence electrons. The minimum atomic E-state index is 0.0363. The van der Waals surface area contributed by atoms with Crippen molar-refractivity contribution in [1.29, 1.82) is 0 Å². The number of hydrogen-bond acceptors (Lipinski definition) is 3. The Morgan fingerprint density at radius 2 is 2.10 bits per heavy atom. The van der Waals surface area contributed by atoms with Crippen molar-refractivity contribution in [1.82, 2.24) is 4.98 Å². The highest BCUT2D eigenvalue weighted by atomic mass is 15.2. The van der Waals surface area contributed by atoms with Crippen LogP contribution in [0.5, 0.6) is 0 Å². The van der Waals surface area contributed by atoms with Crippen LogP contribution in [0.1, 0.15) is 31.0 Å². The maximum absolute atomic E-state index is 5.99. The lowest BCUT2D eigenvalue weighted by Crippen LogP contribution is -2.31. The van der Waals surface area contributed by atoms with Crippen molar-refractivity contribution in [2.75, 3.05) is 11.4 Å². The molecule has 0 saturated heterocycles. The quantitative estimate of drug-likeness (QED) is 0.906. The first-order valence-corrected chi connectivity index (χ1v) is 7.22. The molecule has 0 radical (unpaired) electrons. The third-order valence-corrected chi connectivity index (χ3v) is 3.92. The highest BCUT2D eigenvalue weighted by Gasteiger charge is 2.23. The van der Waals surface area contributed by atoms with Gasteiger partial charge in [-0.05, 0) is 48.6 Å². The monoisotopic (exact) mass is 267 g/mol. The Morgan fingerprint density at radius 1 is 1.30 bits per heavy atom. The van der Waals surface area contributed by atoms with Crippen molar-refractivity contribution in [2.24, 2.45) is 11.7 Å². The van der Waals surface area contributed by atoms with Crippen LogP contribution < -0.4 is 10.6 Å². The van der Waals surface area contributed by atoms with Gasteiger partial charge < -0.3 is 10.6 Å². The van der Waals surface area contributed by atoms with Crippen LogP contribution >= 0.6 is 0 Å². The molecule has 2 atom stereocenters. The summed E-state index contributed by atoms with van der Waals surface area (Å²) in [5, 5.41) is 0. The summed E-state index contributed by atoms with van der Waals surface area (Å²) < 4.78 is 0. The number of aromatic nitrogens is 1. The molecule has 0 aliphatic carbocycles. The number of para-hydroxylation sites is 1. The lowest BCUT2D eigenvalue weighted by atomic mass is 9.94. The third kappa shape index (κ3) is 2.41. The van der Waals surface area contributed by atoms with Gasteiger partial charge >= 0.3 is 0 Å². The van der Waals surface area contributed by atoms with E-state index in [1.807, 2.05) is 19.2 Å². The summed E-state index contributed by atoms with van der Waals surface area (Å²) in [7, 11) is 0. The fraction of sp³-hybridized carbons (Fsp3) is 0.353. The topological polar surface area (TPSA) is 42.1 Å². The predicted octanol–water partition coefficient (Wildman–Crippen LogP) is 3.43. The van der Waals surface area contributed by atoms with Gasteiger partial charge in [0.25, 0.3) is 0 Å². The minimum absolute atomic E-state index is 0.0363. The van der Waals surface area contributed by atoms with E-state index in [4.69, 9.17) is 5.73 Å². The predicted molar refractivity (Wildman–Crippen MR) is 83.2 cm³/mol. The molecular weight excluding hydrogens is 246 g/mol. The van der Waals surface area contributed by atoms with Crippen LogP contribution in [0, 0.1) is 5.92 Å². The fourth-order valence-electron chi connectivity index (χ4n) is 2.88. The molecule has 1 aliphatic heterocycles. The van der Waals surface area contributed by atoms with Crippen molar-refractivity contribution in [2.45, 2.75) is 26.3 Å². The van der Waals surface area contributed by atoms with E-state index in [1.165, 1.54) is 11.3 Å². The first-order chi connectivity index (χ1) is 9.65. The van der Waals surface area contributed by atoms with E-state index in [9.17, 15) is 0 Å². The molecule has 1 unspecified atom stereocenters. The second-order valence-electron chi connectivity index (χ2n) is 5.78. The maximum Gasteiger partial charge on any atom is 0.133 e. The van der Waals surface area contributed by atoms with Crippen LogP contribution in [0.4, 0.5) is 11.5 Å². The van der Waals surface area contributed by atoms with Gasteiger partial charge in [-0.3, -0.25) is 0 Å². The summed E-state index contributed by atoms with van der Waals surface area (Å²) in [6.45, 7) is 5.30. The molecule has 0 bridgehead atoms. The Kier molecular flexibility index (Phi) is 3.45. The number of rotatable bonds is 2. The SMILES string of the molecule is CC1Cc2ccccc2N(c2cc([C@H](C)N)ccn2)C1. The number of nitrogens with zero attached hydrogens (tertiary/aromatic N) is 2. The first-order valence-electron chi connectivity index (χ1n) is 7.22. The molecule has 0 amide bonds. The summed E-state index contributed by atoms with van der Waals surface area (Å²) in [6, 6.07) is 12.7. The number of nitrogens with two attached hydrogens (primary N) is 1. The highest BCUT2D eigenvalue weighted by Crippen LogP contribution is 2.34. The van der Waals surface area contributed by atoms with E-state index in [1.54, 1.807) is 0 Å². The van der Waals surface area contributed by atoms with Crippen LogP contribution in [0.2, 0.25) is 0 Å². The van der Waals surface area contributed by atoms with Gasteiger partial charge in [0.2, 0.25) is 0 Å². The summed E-state index contributed by atoms with van der Waals surface area (Å²) in [5.74, 6) is 1.63. The van der Waals surface area contributed by atoms with Crippen molar-refractivity contribution < 1.29 is 0 Å². The summed E-state index contributed by atoms with van der Waals surface area (Å²) in [5.41, 5.74) is 9.80. The van der Waals surface area contributed by atoms with Crippen LogP contribution in [-0.4, -0.2) is 11.5 Å². The molecule has 0 fully saturated rings. The van der Waals surface area contributed by atoms with Gasteiger partial charge in [-0.1, -0.05) is 25.1 Å². The molecule has 3 heteroatoms. The Bertz CT molecular complexity index is 607. The number of fused-ring (bicyclic) bond motifs is 1. The summed E-state index contributed by atoms with van der Waals surface area (Å²) in [4.78, 5) is 6.86. The van der Waals surface area contributed by atoms with E-state index in [0.29, 0.717) is 5.92 Å². The Balaban J connectivity index is 2.04. The molecule has 1 aromatic heterocycles. The number of hydrogen-bond donors (Lipinski definition) is 1. The first kappa shape index (κ1) is 13.1. The van der Waals surface area contributed by atoms with Crippen LogP contribution in [0.15, 0.2) is 42.6 Å². The smallest absolute Gasteiger partial charge is 0.133 e. The van der Waals surface area contributed by atoms with Gasteiger partial charge in [0, 0.05) is 24.5 Å². The van der Waals surface area contributed by atoms with Crippen molar-refractivity contribution in [3.05, 3.63) is 53.7 Å². The summed E-state index contributed by atoms with van der Waals surface area (Å²) in [6.07, 6.45) is 3.00. The van der Waals surface area contributed by atoms with Gasteiger partial charge in [0.1, 0.15) is 5.82 Å². The van der Waals surface area contributed by atoms with Gasteiger partial charge in [0.05, 0.1) is 0 Å². The molecule has 20 heavy (non-hydrogen) atoms. The van der Waals surface area contributed by atoms with Crippen molar-refractivity contribution >= 4 is 11.5 Å². The molecule has 2 N–H and O–H groups in total. The highest BCUT2D eigenvalue weighted by molar-refractivity contribution is 5.66. The van der Waals surface area contributed by atoms with Gasteiger partial charge in [-0.25, -0.2) is 4.98 Å². The zero-order valence-electron chi connectivity index (χ0n) is 12.1. The number of benzene rings is 1. The Morgan fingerprint density at radius 3 is 2.90 bits per heavy atom. The van der Waals surface area contributed by atoms with E-state index in [0.717, 1.165) is 24.3 Å². The minimum Gasteiger partial charge on any atom is -0.326 e. The van der Waals surface area contributed by atoms with E-state index in [-0.39, 0.29) is 6.04 Å². The van der Waals surface area contributed by atoms with E-state index in [2.05, 4.69) is 47.1 Å². The van der Waals surface area contributed by atoms with Crippen LogP contribution in [0.3, 0.4) is 0 Å². The molecule has 0 spiro atoms. The Hall–Kier alpha value is -1.87. The maximum atomic E-state index is 5.99. The normalized spacial score (nSPS) is 19.6. The zero-order valence-corrected chi connectivity index (χ0v) is 12.1. The lowest BCUT2D eigenvalue weighted by molar-refractivity contribution is 0.560. The third-order valence-electron chi connectivity index (χ3n) is 3.92. The van der Waals surface area contributed by atoms with Crippen LogP contribution in [0.25, 0.3) is 0 Å². The van der Waals surface area contributed by atoms with Crippen molar-refractivity contribution in [3.8, 4) is 0 Å². The summed E-state index contributed by atoms with van der Waals surface area (Å²) >= 11 is 0. The largest absolute Gasteiger partial charge is 0.326 e.